The number of carbonyl (C=O) groups is 2. The molecule has 2 aliphatic rings. The Balaban J connectivity index is 0.00000225. The largest absolute Gasteiger partial charge is 0.335 e. The molecule has 0 aromatic heterocycles. The van der Waals surface area contributed by atoms with Crippen molar-refractivity contribution in [1.82, 2.24) is 15.1 Å². The third kappa shape index (κ3) is 5.59. The molecule has 25 heavy (non-hydrogen) atoms. The van der Waals surface area contributed by atoms with Gasteiger partial charge in [0.2, 0.25) is 11.8 Å². The Morgan fingerprint density at radius 2 is 2.16 bits per heavy atom. The van der Waals surface area contributed by atoms with Gasteiger partial charge in [-0.25, -0.2) is 0 Å². The molecule has 1 atom stereocenters. The summed E-state index contributed by atoms with van der Waals surface area (Å²) in [7, 11) is 0. The molecule has 1 unspecified atom stereocenters. The van der Waals surface area contributed by atoms with E-state index < -0.39 is 0 Å². The maximum absolute atomic E-state index is 12.3. The number of carbonyl (C=O) groups excluding carboxylic acids is 2. The molecule has 7 heteroatoms. The number of nitrogens with zero attached hydrogens (tertiary/aromatic N) is 2. The molecule has 0 aliphatic carbocycles. The number of hydrogen-bond acceptors (Lipinski definition) is 3. The highest BCUT2D eigenvalue weighted by atomic mass is 35.5. The average Bonchev–Trinajstić information content (AvgIpc) is 3.08. The number of halogens is 2. The molecule has 1 aromatic rings. The van der Waals surface area contributed by atoms with Crippen LogP contribution in [-0.4, -0.2) is 54.3 Å². The normalized spacial score (nSPS) is 20.5. The second-order valence-corrected chi connectivity index (χ2v) is 7.09. The van der Waals surface area contributed by atoms with Crippen LogP contribution in [0.1, 0.15) is 24.8 Å². The lowest BCUT2D eigenvalue weighted by Gasteiger charge is -2.34. The molecule has 1 aromatic carbocycles. The zero-order valence-corrected chi connectivity index (χ0v) is 15.8. The molecule has 5 nitrogen and oxygen atoms in total. The molecule has 2 fully saturated rings. The Morgan fingerprint density at radius 3 is 2.84 bits per heavy atom. The van der Waals surface area contributed by atoms with Gasteiger partial charge in [0.05, 0.1) is 6.54 Å². The van der Waals surface area contributed by atoms with E-state index in [1.165, 1.54) is 0 Å². The van der Waals surface area contributed by atoms with Crippen molar-refractivity contribution in [2.45, 2.75) is 25.8 Å². The third-order valence-electron chi connectivity index (χ3n) is 4.86. The molecule has 3 rings (SSSR count). The van der Waals surface area contributed by atoms with E-state index in [-0.39, 0.29) is 30.8 Å². The zero-order valence-electron chi connectivity index (χ0n) is 14.2. The summed E-state index contributed by atoms with van der Waals surface area (Å²) in [4.78, 5) is 28.2. The molecular weight excluding hydrogens is 361 g/mol. The third-order valence-corrected chi connectivity index (χ3v) is 5.10. The summed E-state index contributed by atoms with van der Waals surface area (Å²) in [6, 6.07) is 7.55. The summed E-state index contributed by atoms with van der Waals surface area (Å²) in [5, 5.41) is 4.00. The summed E-state index contributed by atoms with van der Waals surface area (Å²) in [6.45, 7) is 4.02. The monoisotopic (exact) mass is 385 g/mol. The van der Waals surface area contributed by atoms with Crippen molar-refractivity contribution >= 4 is 35.8 Å². The van der Waals surface area contributed by atoms with Gasteiger partial charge >= 0.3 is 0 Å². The van der Waals surface area contributed by atoms with E-state index in [4.69, 9.17) is 11.6 Å². The highest BCUT2D eigenvalue weighted by Crippen LogP contribution is 2.17. The highest BCUT2D eigenvalue weighted by molar-refractivity contribution is 6.30. The van der Waals surface area contributed by atoms with Gasteiger partial charge in [-0.3, -0.25) is 9.59 Å². The Kier molecular flexibility index (Phi) is 7.54. The Labute approximate surface area is 160 Å². The molecule has 2 heterocycles. The molecule has 2 saturated heterocycles. The van der Waals surface area contributed by atoms with Crippen LogP contribution >= 0.6 is 24.0 Å². The minimum atomic E-state index is 0. The Morgan fingerprint density at radius 1 is 1.32 bits per heavy atom. The fraction of sp³-hybridized carbons (Fsp3) is 0.556. The first kappa shape index (κ1) is 20.0. The fourth-order valence-corrected chi connectivity index (χ4v) is 3.60. The first-order valence-electron chi connectivity index (χ1n) is 8.62. The number of nitrogens with one attached hydrogen (secondary N) is 1. The Bertz CT molecular complexity index is 606. The van der Waals surface area contributed by atoms with Gasteiger partial charge < -0.3 is 15.1 Å². The lowest BCUT2D eigenvalue weighted by molar-refractivity contribution is -0.145. The number of benzene rings is 1. The number of piperazine rings is 1. The van der Waals surface area contributed by atoms with Gasteiger partial charge in [-0.1, -0.05) is 23.7 Å². The van der Waals surface area contributed by atoms with E-state index in [0.29, 0.717) is 37.0 Å². The lowest BCUT2D eigenvalue weighted by Crippen LogP contribution is -2.51. The number of rotatable bonds is 5. The van der Waals surface area contributed by atoms with Crippen LogP contribution in [0.4, 0.5) is 0 Å². The van der Waals surface area contributed by atoms with Gasteiger partial charge in [-0.2, -0.15) is 0 Å². The first-order valence-corrected chi connectivity index (χ1v) is 9.00. The molecule has 2 aliphatic heterocycles. The molecule has 1 N–H and O–H groups in total. The summed E-state index contributed by atoms with van der Waals surface area (Å²) in [6.07, 6.45) is 2.62. The van der Waals surface area contributed by atoms with Crippen LogP contribution in [0, 0.1) is 5.92 Å². The predicted octanol–water partition coefficient (Wildman–Crippen LogP) is 2.32. The lowest BCUT2D eigenvalue weighted by atomic mass is 10.0. The van der Waals surface area contributed by atoms with Crippen molar-refractivity contribution in [3.05, 3.63) is 34.9 Å². The van der Waals surface area contributed by atoms with Crippen molar-refractivity contribution in [2.24, 2.45) is 5.92 Å². The van der Waals surface area contributed by atoms with Crippen LogP contribution < -0.4 is 5.32 Å². The number of hydrogen-bond donors (Lipinski definition) is 1. The van der Waals surface area contributed by atoms with Crippen molar-refractivity contribution in [2.75, 3.05) is 32.7 Å². The first-order chi connectivity index (χ1) is 11.6. The highest BCUT2D eigenvalue weighted by Gasteiger charge is 2.27. The SMILES string of the molecule is Cl.O=C(CCC1CCNC1)N1CCN(Cc2cccc(Cl)c2)C(=O)C1. The molecule has 138 valence electrons. The van der Waals surface area contributed by atoms with Crippen molar-refractivity contribution in [3.63, 3.8) is 0 Å². The van der Waals surface area contributed by atoms with Crippen molar-refractivity contribution in [1.29, 1.82) is 0 Å². The van der Waals surface area contributed by atoms with Gasteiger partial charge in [0.25, 0.3) is 0 Å². The Hall–Kier alpha value is -1.30. The quantitative estimate of drug-likeness (QED) is 0.845. The summed E-state index contributed by atoms with van der Waals surface area (Å²) < 4.78 is 0. The minimum Gasteiger partial charge on any atom is -0.335 e. The second-order valence-electron chi connectivity index (χ2n) is 6.66. The van der Waals surface area contributed by atoms with E-state index in [1.807, 2.05) is 24.3 Å². The van der Waals surface area contributed by atoms with E-state index in [2.05, 4.69) is 5.32 Å². The van der Waals surface area contributed by atoms with Gasteiger partial charge in [0, 0.05) is 31.1 Å². The van der Waals surface area contributed by atoms with Gasteiger partial charge in [0.15, 0.2) is 0 Å². The van der Waals surface area contributed by atoms with Crippen LogP contribution in [-0.2, 0) is 16.1 Å². The van der Waals surface area contributed by atoms with Crippen LogP contribution in [0.5, 0.6) is 0 Å². The van der Waals surface area contributed by atoms with E-state index in [9.17, 15) is 9.59 Å². The second kappa shape index (κ2) is 9.41. The van der Waals surface area contributed by atoms with E-state index >= 15 is 0 Å². The summed E-state index contributed by atoms with van der Waals surface area (Å²) in [5.74, 6) is 0.725. The average molecular weight is 386 g/mol. The van der Waals surface area contributed by atoms with Crippen LogP contribution in [0.25, 0.3) is 0 Å². The molecular formula is C18H25Cl2N3O2. The van der Waals surface area contributed by atoms with Crippen LogP contribution in [0.2, 0.25) is 5.02 Å². The van der Waals surface area contributed by atoms with Crippen molar-refractivity contribution < 1.29 is 9.59 Å². The molecule has 0 bridgehead atoms. The molecule has 0 spiro atoms. The standard InChI is InChI=1S/C18H24ClN3O2.ClH/c19-16-3-1-2-15(10-16)12-21-8-9-22(13-18(21)24)17(23)5-4-14-6-7-20-11-14;/h1-3,10,14,20H,4-9,11-13H2;1H. The summed E-state index contributed by atoms with van der Waals surface area (Å²) >= 11 is 5.99. The maximum Gasteiger partial charge on any atom is 0.242 e. The molecule has 0 saturated carbocycles. The van der Waals surface area contributed by atoms with Crippen LogP contribution in [0.3, 0.4) is 0 Å². The molecule has 0 radical (unpaired) electrons. The van der Waals surface area contributed by atoms with Gasteiger partial charge in [-0.05, 0) is 49.5 Å². The van der Waals surface area contributed by atoms with Crippen molar-refractivity contribution in [3.8, 4) is 0 Å². The smallest absolute Gasteiger partial charge is 0.242 e. The topological polar surface area (TPSA) is 52.7 Å². The predicted molar refractivity (Wildman–Crippen MR) is 101 cm³/mol. The fourth-order valence-electron chi connectivity index (χ4n) is 3.39. The maximum atomic E-state index is 12.3. The van der Waals surface area contributed by atoms with Gasteiger partial charge in [0.1, 0.15) is 0 Å². The zero-order chi connectivity index (χ0) is 16.9. The minimum absolute atomic E-state index is 0. The van der Waals surface area contributed by atoms with Gasteiger partial charge in [-0.15, -0.1) is 12.4 Å². The summed E-state index contributed by atoms with van der Waals surface area (Å²) in [5.41, 5.74) is 1.02. The van der Waals surface area contributed by atoms with E-state index in [1.54, 1.807) is 9.80 Å². The molecule has 2 amide bonds. The van der Waals surface area contributed by atoms with Crippen LogP contribution in [0.15, 0.2) is 24.3 Å². The van der Waals surface area contributed by atoms with E-state index in [0.717, 1.165) is 31.5 Å². The number of amides is 2.